The van der Waals surface area contributed by atoms with Gasteiger partial charge in [-0.05, 0) is 12.1 Å². The van der Waals surface area contributed by atoms with Gasteiger partial charge in [0, 0.05) is 28.8 Å². The second-order valence-corrected chi connectivity index (χ2v) is 3.01. The van der Waals surface area contributed by atoms with Crippen molar-refractivity contribution in [3.8, 4) is 0 Å². The molecule has 3 nitrogen and oxygen atoms in total. The van der Waals surface area contributed by atoms with E-state index in [0.29, 0.717) is 0 Å². The Bertz CT molecular complexity index is 388. The Balaban J connectivity index is 2.83. The fourth-order valence-electron chi connectivity index (χ4n) is 0.846. The van der Waals surface area contributed by atoms with E-state index in [-0.39, 0.29) is 0 Å². The van der Waals surface area contributed by atoms with Gasteiger partial charge in [0.05, 0.1) is 11.7 Å². The summed E-state index contributed by atoms with van der Waals surface area (Å²) in [6, 6.07) is 3.79. The highest BCUT2D eigenvalue weighted by Crippen LogP contribution is 2.06. The van der Waals surface area contributed by atoms with Crippen LogP contribution in [-0.4, -0.2) is 15.0 Å². The smallest absolute Gasteiger partial charge is 0.191 e. The Morgan fingerprint density at radius 3 is 3.00 bits per heavy atom. The summed E-state index contributed by atoms with van der Waals surface area (Å²) in [7, 11) is 0. The van der Waals surface area contributed by atoms with Gasteiger partial charge in [-0.15, -0.1) is 0 Å². The molecule has 0 N–H and O–H groups in total. The number of hydrogen-bond acceptors (Lipinski definition) is 3. The number of rotatable bonds is 0. The van der Waals surface area contributed by atoms with Gasteiger partial charge >= 0.3 is 0 Å². The summed E-state index contributed by atoms with van der Waals surface area (Å²) in [6.07, 6.45) is 3.46. The van der Waals surface area contributed by atoms with Crippen molar-refractivity contribution in [3.05, 3.63) is 28.4 Å². The zero-order chi connectivity index (χ0) is 7.68. The molecule has 11 heavy (non-hydrogen) atoms. The normalized spacial score (nSPS) is 10.3. The predicted octanol–water partition coefficient (Wildman–Crippen LogP) is 1.63. The predicted molar refractivity (Wildman–Crippen MR) is 50.1 cm³/mol. The molecule has 0 aromatic carbocycles. The van der Waals surface area contributed by atoms with E-state index in [9.17, 15) is 0 Å². The first-order chi connectivity index (χ1) is 5.36. The first-order valence-corrected chi connectivity index (χ1v) is 4.17. The zero-order valence-corrected chi connectivity index (χ0v) is 7.69. The number of fused-ring (bicyclic) bond motifs is 1. The molecule has 0 aliphatic heterocycles. The number of aromatic nitrogens is 3. The van der Waals surface area contributed by atoms with E-state index >= 15 is 0 Å². The maximum atomic E-state index is 4.19. The number of pyridine rings is 1. The minimum atomic E-state index is 0.753. The Morgan fingerprint density at radius 2 is 2.09 bits per heavy atom. The summed E-state index contributed by atoms with van der Waals surface area (Å²) in [5.41, 5.74) is 1.74. The van der Waals surface area contributed by atoms with Crippen LogP contribution < -0.4 is 0 Å². The molecule has 0 aliphatic carbocycles. The lowest BCUT2D eigenvalue weighted by molar-refractivity contribution is 1.14. The van der Waals surface area contributed by atoms with Crippen molar-refractivity contribution < 1.29 is 0 Å². The molecule has 0 saturated carbocycles. The van der Waals surface area contributed by atoms with Crippen LogP contribution in [0.15, 0.2) is 24.5 Å². The largest absolute Gasteiger partial charge is 0.253 e. The molecule has 0 spiro atoms. The molecular formula is C7H4IN3. The van der Waals surface area contributed by atoms with Crippen LogP contribution in [0.1, 0.15) is 0 Å². The summed E-state index contributed by atoms with van der Waals surface area (Å²) >= 11 is 2.08. The summed E-state index contributed by atoms with van der Waals surface area (Å²) in [6.45, 7) is 0. The fraction of sp³-hybridized carbons (Fsp3) is 0. The van der Waals surface area contributed by atoms with Crippen LogP contribution in [0.4, 0.5) is 0 Å². The lowest BCUT2D eigenvalue weighted by Crippen LogP contribution is -1.88. The molecule has 4 heteroatoms. The Labute approximate surface area is 77.0 Å². The van der Waals surface area contributed by atoms with Crippen LogP contribution in [0.5, 0.6) is 0 Å². The fourth-order valence-corrected chi connectivity index (χ4v) is 1.24. The molecule has 2 rings (SSSR count). The van der Waals surface area contributed by atoms with Gasteiger partial charge in [0.2, 0.25) is 0 Å². The SMILES string of the molecule is Ic1ncc2ncccc2n1. The minimum absolute atomic E-state index is 0.753. The van der Waals surface area contributed by atoms with Gasteiger partial charge in [0.1, 0.15) is 5.52 Å². The van der Waals surface area contributed by atoms with Crippen molar-refractivity contribution in [2.75, 3.05) is 0 Å². The molecule has 0 unspecified atom stereocenters. The highest BCUT2D eigenvalue weighted by atomic mass is 127. The van der Waals surface area contributed by atoms with Crippen LogP contribution in [0.2, 0.25) is 0 Å². The van der Waals surface area contributed by atoms with E-state index in [1.54, 1.807) is 12.4 Å². The van der Waals surface area contributed by atoms with Crippen molar-refractivity contribution in [3.63, 3.8) is 0 Å². The zero-order valence-electron chi connectivity index (χ0n) is 5.53. The monoisotopic (exact) mass is 257 g/mol. The lowest BCUT2D eigenvalue weighted by atomic mass is 10.4. The molecule has 0 bridgehead atoms. The molecular weight excluding hydrogens is 253 g/mol. The van der Waals surface area contributed by atoms with Crippen LogP contribution in [-0.2, 0) is 0 Å². The van der Waals surface area contributed by atoms with Gasteiger partial charge in [-0.25, -0.2) is 9.97 Å². The molecule has 0 amide bonds. The highest BCUT2D eigenvalue weighted by Gasteiger charge is 1.94. The maximum Gasteiger partial charge on any atom is 0.191 e. The van der Waals surface area contributed by atoms with Crippen LogP contribution >= 0.6 is 22.6 Å². The van der Waals surface area contributed by atoms with E-state index in [0.717, 1.165) is 14.9 Å². The van der Waals surface area contributed by atoms with Crippen molar-refractivity contribution >= 4 is 33.6 Å². The van der Waals surface area contributed by atoms with Gasteiger partial charge in [-0.1, -0.05) is 0 Å². The van der Waals surface area contributed by atoms with Crippen molar-refractivity contribution in [1.82, 2.24) is 15.0 Å². The standard InChI is InChI=1S/C7H4IN3/c8-7-10-4-6-5(11-7)2-1-3-9-6/h1-4H. The second-order valence-electron chi connectivity index (χ2n) is 2.05. The number of nitrogens with zero attached hydrogens (tertiary/aromatic N) is 3. The highest BCUT2D eigenvalue weighted by molar-refractivity contribution is 14.1. The Morgan fingerprint density at radius 1 is 1.18 bits per heavy atom. The van der Waals surface area contributed by atoms with Crippen molar-refractivity contribution in [2.24, 2.45) is 0 Å². The van der Waals surface area contributed by atoms with E-state index in [1.807, 2.05) is 12.1 Å². The third-order valence-electron chi connectivity index (χ3n) is 1.32. The summed E-state index contributed by atoms with van der Waals surface area (Å²) in [5.74, 6) is 0. The van der Waals surface area contributed by atoms with Gasteiger partial charge in [-0.2, -0.15) is 0 Å². The molecule has 0 radical (unpaired) electrons. The number of halogens is 1. The maximum absolute atomic E-state index is 4.19. The van der Waals surface area contributed by atoms with Gasteiger partial charge in [0.15, 0.2) is 3.83 Å². The third kappa shape index (κ3) is 1.30. The van der Waals surface area contributed by atoms with E-state index < -0.39 is 0 Å². The topological polar surface area (TPSA) is 38.7 Å². The second kappa shape index (κ2) is 2.69. The quantitative estimate of drug-likeness (QED) is 0.531. The van der Waals surface area contributed by atoms with Gasteiger partial charge in [0.25, 0.3) is 0 Å². The van der Waals surface area contributed by atoms with Crippen LogP contribution in [0, 0.1) is 3.83 Å². The molecule has 2 heterocycles. The van der Waals surface area contributed by atoms with Crippen molar-refractivity contribution in [2.45, 2.75) is 0 Å². The molecule has 0 atom stereocenters. The van der Waals surface area contributed by atoms with Gasteiger partial charge < -0.3 is 0 Å². The minimum Gasteiger partial charge on any atom is -0.253 e. The van der Waals surface area contributed by atoms with Gasteiger partial charge in [-0.3, -0.25) is 4.98 Å². The summed E-state index contributed by atoms with van der Waals surface area (Å²) in [4.78, 5) is 12.3. The van der Waals surface area contributed by atoms with Crippen LogP contribution in [0.3, 0.4) is 0 Å². The van der Waals surface area contributed by atoms with Crippen LogP contribution in [0.25, 0.3) is 11.0 Å². The average molecular weight is 257 g/mol. The lowest BCUT2D eigenvalue weighted by Gasteiger charge is -1.93. The van der Waals surface area contributed by atoms with Crippen molar-refractivity contribution in [1.29, 1.82) is 0 Å². The average Bonchev–Trinajstić information content (AvgIpc) is 2.04. The number of hydrogen-bond donors (Lipinski definition) is 0. The molecule has 0 saturated heterocycles. The molecule has 2 aromatic heterocycles. The first-order valence-electron chi connectivity index (χ1n) is 3.09. The molecule has 2 aromatic rings. The Hall–Kier alpha value is -0.780. The van der Waals surface area contributed by atoms with E-state index in [1.165, 1.54) is 0 Å². The molecule has 0 fully saturated rings. The molecule has 54 valence electrons. The van der Waals surface area contributed by atoms with E-state index in [4.69, 9.17) is 0 Å². The summed E-state index contributed by atoms with van der Waals surface area (Å²) in [5, 5.41) is 0. The third-order valence-corrected chi connectivity index (χ3v) is 1.84. The summed E-state index contributed by atoms with van der Waals surface area (Å²) < 4.78 is 0.753. The van der Waals surface area contributed by atoms with E-state index in [2.05, 4.69) is 37.5 Å². The molecule has 0 aliphatic rings. The first kappa shape index (κ1) is 6.90. The Kier molecular flexibility index (Phi) is 1.69.